The Morgan fingerprint density at radius 2 is 1.82 bits per heavy atom. The van der Waals surface area contributed by atoms with E-state index < -0.39 is 0 Å². The molecule has 0 aliphatic heterocycles. The van der Waals surface area contributed by atoms with Crippen molar-refractivity contribution in [3.63, 3.8) is 0 Å². The van der Waals surface area contributed by atoms with Gasteiger partial charge in [0.25, 0.3) is 0 Å². The number of hydrogen-bond donors (Lipinski definition) is 2. The molecule has 3 nitrogen and oxygen atoms in total. The van der Waals surface area contributed by atoms with Gasteiger partial charge >= 0.3 is 0 Å². The Morgan fingerprint density at radius 1 is 1.18 bits per heavy atom. The maximum absolute atomic E-state index is 5.77. The van der Waals surface area contributed by atoms with Crippen molar-refractivity contribution in [1.82, 2.24) is 0 Å². The molecule has 1 aromatic rings. The number of rotatable bonds is 8. The Balaban J connectivity index is 2.13. The standard InChI is InChI=1S/C13H21NO2S/c1-15-12-5-7-13(8-6-12)16-9-3-2-4-11(14)10-17/h5-8,11,17H,2-4,9-10,14H2,1H3/t11-/m1/s1. The summed E-state index contributed by atoms with van der Waals surface area (Å²) in [4.78, 5) is 0. The zero-order chi connectivity index (χ0) is 12.5. The predicted octanol–water partition coefficient (Wildman–Crippen LogP) is 2.50. The molecule has 17 heavy (non-hydrogen) atoms. The minimum absolute atomic E-state index is 0.208. The van der Waals surface area contributed by atoms with Crippen molar-refractivity contribution in [2.45, 2.75) is 25.3 Å². The molecule has 0 aliphatic carbocycles. The van der Waals surface area contributed by atoms with E-state index in [2.05, 4.69) is 12.6 Å². The average molecular weight is 255 g/mol. The number of benzene rings is 1. The molecule has 0 saturated heterocycles. The second kappa shape index (κ2) is 8.25. The molecular formula is C13H21NO2S. The van der Waals surface area contributed by atoms with Crippen LogP contribution in [-0.2, 0) is 0 Å². The van der Waals surface area contributed by atoms with Crippen molar-refractivity contribution in [3.8, 4) is 11.5 Å². The molecule has 1 rings (SSSR count). The largest absolute Gasteiger partial charge is 0.497 e. The molecule has 0 heterocycles. The van der Waals surface area contributed by atoms with Crippen LogP contribution in [0.1, 0.15) is 19.3 Å². The SMILES string of the molecule is COc1ccc(OCCCC[C@@H](N)CS)cc1. The van der Waals surface area contributed by atoms with Crippen LogP contribution in [0.3, 0.4) is 0 Å². The topological polar surface area (TPSA) is 44.5 Å². The summed E-state index contributed by atoms with van der Waals surface area (Å²) in [6.45, 7) is 0.728. The summed E-state index contributed by atoms with van der Waals surface area (Å²) < 4.78 is 10.7. The fraction of sp³-hybridized carbons (Fsp3) is 0.538. The summed E-state index contributed by atoms with van der Waals surface area (Å²) in [5.41, 5.74) is 5.77. The Labute approximate surface area is 109 Å². The van der Waals surface area contributed by atoms with Crippen LogP contribution in [0, 0.1) is 0 Å². The van der Waals surface area contributed by atoms with Crippen LogP contribution >= 0.6 is 12.6 Å². The van der Waals surface area contributed by atoms with Gasteiger partial charge in [-0.15, -0.1) is 0 Å². The molecule has 0 saturated carbocycles. The molecular weight excluding hydrogens is 234 g/mol. The van der Waals surface area contributed by atoms with Gasteiger partial charge in [-0.2, -0.15) is 12.6 Å². The van der Waals surface area contributed by atoms with E-state index in [9.17, 15) is 0 Å². The van der Waals surface area contributed by atoms with E-state index in [4.69, 9.17) is 15.2 Å². The molecule has 1 atom stereocenters. The normalized spacial score (nSPS) is 12.2. The second-order valence-electron chi connectivity index (χ2n) is 3.96. The highest BCUT2D eigenvalue weighted by Gasteiger charge is 1.99. The van der Waals surface area contributed by atoms with E-state index in [0.717, 1.165) is 43.1 Å². The number of ether oxygens (including phenoxy) is 2. The minimum atomic E-state index is 0.208. The summed E-state index contributed by atoms with van der Waals surface area (Å²) in [7, 11) is 1.65. The number of nitrogens with two attached hydrogens (primary N) is 1. The quantitative estimate of drug-likeness (QED) is 0.554. The summed E-state index contributed by atoms with van der Waals surface area (Å²) >= 11 is 4.15. The van der Waals surface area contributed by atoms with Gasteiger partial charge in [-0.3, -0.25) is 0 Å². The maximum Gasteiger partial charge on any atom is 0.119 e. The van der Waals surface area contributed by atoms with E-state index in [0.29, 0.717) is 0 Å². The lowest BCUT2D eigenvalue weighted by atomic mass is 10.1. The molecule has 4 heteroatoms. The second-order valence-corrected chi connectivity index (χ2v) is 4.33. The Hall–Kier alpha value is -0.870. The first kappa shape index (κ1) is 14.2. The van der Waals surface area contributed by atoms with Crippen molar-refractivity contribution >= 4 is 12.6 Å². The maximum atomic E-state index is 5.77. The molecule has 0 radical (unpaired) electrons. The van der Waals surface area contributed by atoms with Crippen LogP contribution in [-0.4, -0.2) is 25.5 Å². The lowest BCUT2D eigenvalue weighted by molar-refractivity contribution is 0.303. The van der Waals surface area contributed by atoms with Crippen LogP contribution in [0.25, 0.3) is 0 Å². The molecule has 0 spiro atoms. The van der Waals surface area contributed by atoms with Crippen LogP contribution < -0.4 is 15.2 Å². The summed E-state index contributed by atoms with van der Waals surface area (Å²) in [5.74, 6) is 2.47. The van der Waals surface area contributed by atoms with Gasteiger partial charge in [0.2, 0.25) is 0 Å². The molecule has 0 aliphatic rings. The fourth-order valence-electron chi connectivity index (χ4n) is 1.46. The van der Waals surface area contributed by atoms with Gasteiger partial charge in [-0.05, 0) is 43.5 Å². The van der Waals surface area contributed by atoms with Crippen LogP contribution in [0.15, 0.2) is 24.3 Å². The predicted molar refractivity (Wildman–Crippen MR) is 74.2 cm³/mol. The Bertz CT molecular complexity index is 303. The highest BCUT2D eigenvalue weighted by Crippen LogP contribution is 2.17. The van der Waals surface area contributed by atoms with E-state index in [1.54, 1.807) is 7.11 Å². The van der Waals surface area contributed by atoms with Crippen molar-refractivity contribution < 1.29 is 9.47 Å². The third-order valence-corrected chi connectivity index (χ3v) is 3.00. The molecule has 0 amide bonds. The van der Waals surface area contributed by atoms with E-state index in [-0.39, 0.29) is 6.04 Å². The van der Waals surface area contributed by atoms with Gasteiger partial charge < -0.3 is 15.2 Å². The van der Waals surface area contributed by atoms with Gasteiger partial charge in [0, 0.05) is 11.8 Å². The molecule has 0 unspecified atom stereocenters. The van der Waals surface area contributed by atoms with Crippen molar-refractivity contribution in [3.05, 3.63) is 24.3 Å². The van der Waals surface area contributed by atoms with Gasteiger partial charge in [0.15, 0.2) is 0 Å². The smallest absolute Gasteiger partial charge is 0.119 e. The first-order valence-electron chi connectivity index (χ1n) is 5.89. The van der Waals surface area contributed by atoms with E-state index in [1.807, 2.05) is 24.3 Å². The summed E-state index contributed by atoms with van der Waals surface area (Å²) in [6.07, 6.45) is 3.11. The van der Waals surface area contributed by atoms with E-state index in [1.165, 1.54) is 0 Å². The number of hydrogen-bond acceptors (Lipinski definition) is 4. The highest BCUT2D eigenvalue weighted by atomic mass is 32.1. The summed E-state index contributed by atoms with van der Waals surface area (Å²) in [6, 6.07) is 7.83. The first-order valence-corrected chi connectivity index (χ1v) is 6.53. The fourth-order valence-corrected chi connectivity index (χ4v) is 1.64. The molecule has 0 bridgehead atoms. The monoisotopic (exact) mass is 255 g/mol. The molecule has 96 valence electrons. The zero-order valence-corrected chi connectivity index (χ0v) is 11.2. The van der Waals surface area contributed by atoms with Gasteiger partial charge in [-0.1, -0.05) is 0 Å². The lowest BCUT2D eigenvalue weighted by Crippen LogP contribution is -2.21. The number of methoxy groups -OCH3 is 1. The van der Waals surface area contributed by atoms with Crippen molar-refractivity contribution in [1.29, 1.82) is 0 Å². The number of thiol groups is 1. The zero-order valence-electron chi connectivity index (χ0n) is 10.3. The molecule has 2 N–H and O–H groups in total. The molecule has 1 aromatic carbocycles. The summed E-state index contributed by atoms with van der Waals surface area (Å²) in [5, 5.41) is 0. The van der Waals surface area contributed by atoms with Gasteiger partial charge in [0.05, 0.1) is 13.7 Å². The lowest BCUT2D eigenvalue weighted by Gasteiger charge is -2.09. The van der Waals surface area contributed by atoms with Crippen LogP contribution in [0.4, 0.5) is 0 Å². The Morgan fingerprint density at radius 3 is 2.41 bits per heavy atom. The first-order chi connectivity index (χ1) is 8.26. The average Bonchev–Trinajstić information content (AvgIpc) is 2.38. The van der Waals surface area contributed by atoms with Crippen LogP contribution in [0.5, 0.6) is 11.5 Å². The van der Waals surface area contributed by atoms with E-state index >= 15 is 0 Å². The number of unbranched alkanes of at least 4 members (excludes halogenated alkanes) is 1. The molecule has 0 fully saturated rings. The van der Waals surface area contributed by atoms with Gasteiger partial charge in [0.1, 0.15) is 11.5 Å². The Kier molecular flexibility index (Phi) is 6.89. The third-order valence-electron chi connectivity index (χ3n) is 2.53. The van der Waals surface area contributed by atoms with Crippen molar-refractivity contribution in [2.24, 2.45) is 5.73 Å². The third kappa shape index (κ3) is 5.84. The van der Waals surface area contributed by atoms with Crippen LogP contribution in [0.2, 0.25) is 0 Å². The van der Waals surface area contributed by atoms with Crippen molar-refractivity contribution in [2.75, 3.05) is 19.5 Å². The minimum Gasteiger partial charge on any atom is -0.497 e. The molecule has 0 aromatic heterocycles. The van der Waals surface area contributed by atoms with Gasteiger partial charge in [-0.25, -0.2) is 0 Å². The highest BCUT2D eigenvalue weighted by molar-refractivity contribution is 7.80.